The molecule has 0 aromatic carbocycles. The Morgan fingerprint density at radius 3 is 2.92 bits per heavy atom. The molecule has 1 saturated carbocycles. The van der Waals surface area contributed by atoms with Crippen molar-refractivity contribution in [3.63, 3.8) is 0 Å². The van der Waals surface area contributed by atoms with Gasteiger partial charge < -0.3 is 5.11 Å². The lowest BCUT2D eigenvalue weighted by Gasteiger charge is -2.08. The lowest BCUT2D eigenvalue weighted by molar-refractivity contribution is 0.146. The maximum absolute atomic E-state index is 9.84. The lowest BCUT2D eigenvalue weighted by Crippen LogP contribution is -2.13. The van der Waals surface area contributed by atoms with Crippen LogP contribution in [0.4, 0.5) is 0 Å². The van der Waals surface area contributed by atoms with Crippen LogP contribution in [0.25, 0.3) is 0 Å². The fraction of sp³-hybridized carbons (Fsp3) is 0.600. The molecular weight excluding hydrogens is 248 g/mol. The van der Waals surface area contributed by atoms with E-state index in [1.165, 1.54) is 15.8 Å². The molecule has 1 aliphatic carbocycles. The molecule has 0 aliphatic heterocycles. The van der Waals surface area contributed by atoms with Crippen molar-refractivity contribution in [3.8, 4) is 0 Å². The molecule has 2 rings (SSSR count). The minimum atomic E-state index is -0.138. The van der Waals surface area contributed by atoms with Crippen molar-refractivity contribution in [1.82, 2.24) is 0 Å². The van der Waals surface area contributed by atoms with Crippen LogP contribution in [0.3, 0.4) is 0 Å². The second-order valence-electron chi connectivity index (χ2n) is 3.87. The molecule has 0 saturated heterocycles. The summed E-state index contributed by atoms with van der Waals surface area (Å²) in [6, 6.07) is 2.09. The van der Waals surface area contributed by atoms with Gasteiger partial charge in [0.2, 0.25) is 0 Å². The standard InChI is InChI=1S/C10H13BrOS/c1-6-4-8(6)9(12)5-7-2-3-13-10(7)11/h2-3,6,8-9,12H,4-5H2,1H3. The molecular formula is C10H13BrOS. The average molecular weight is 261 g/mol. The minimum Gasteiger partial charge on any atom is -0.392 e. The summed E-state index contributed by atoms with van der Waals surface area (Å²) in [7, 11) is 0. The highest BCUT2D eigenvalue weighted by atomic mass is 79.9. The molecule has 13 heavy (non-hydrogen) atoms. The van der Waals surface area contributed by atoms with Gasteiger partial charge in [-0.2, -0.15) is 0 Å². The van der Waals surface area contributed by atoms with Crippen LogP contribution in [-0.4, -0.2) is 11.2 Å². The van der Waals surface area contributed by atoms with Gasteiger partial charge in [0, 0.05) is 6.42 Å². The number of aliphatic hydroxyl groups is 1. The number of aliphatic hydroxyl groups excluding tert-OH is 1. The molecule has 1 fully saturated rings. The zero-order chi connectivity index (χ0) is 9.42. The Balaban J connectivity index is 1.94. The first-order valence-electron chi connectivity index (χ1n) is 4.58. The molecule has 0 bridgehead atoms. The van der Waals surface area contributed by atoms with Gasteiger partial charge in [0.15, 0.2) is 0 Å². The summed E-state index contributed by atoms with van der Waals surface area (Å²) in [4.78, 5) is 0. The Hall–Kier alpha value is 0.140. The molecule has 1 nitrogen and oxygen atoms in total. The zero-order valence-corrected chi connectivity index (χ0v) is 9.94. The topological polar surface area (TPSA) is 20.2 Å². The van der Waals surface area contributed by atoms with Gasteiger partial charge in [-0.1, -0.05) is 6.92 Å². The molecule has 3 heteroatoms. The number of hydrogen-bond acceptors (Lipinski definition) is 2. The van der Waals surface area contributed by atoms with Gasteiger partial charge in [0.1, 0.15) is 0 Å². The normalized spacial score (nSPS) is 28.8. The largest absolute Gasteiger partial charge is 0.392 e. The third-order valence-electron chi connectivity index (χ3n) is 2.79. The molecule has 0 radical (unpaired) electrons. The minimum absolute atomic E-state index is 0.138. The molecule has 3 unspecified atom stereocenters. The molecule has 0 amide bonds. The van der Waals surface area contributed by atoms with Crippen LogP contribution in [0, 0.1) is 11.8 Å². The van der Waals surface area contributed by atoms with E-state index in [9.17, 15) is 5.11 Å². The van der Waals surface area contributed by atoms with Crippen LogP contribution >= 0.6 is 27.3 Å². The predicted molar refractivity (Wildman–Crippen MR) is 59.0 cm³/mol. The zero-order valence-electron chi connectivity index (χ0n) is 7.53. The monoisotopic (exact) mass is 260 g/mol. The Labute approximate surface area is 90.9 Å². The van der Waals surface area contributed by atoms with Crippen LogP contribution in [0.1, 0.15) is 18.9 Å². The van der Waals surface area contributed by atoms with Crippen molar-refractivity contribution in [2.24, 2.45) is 11.8 Å². The van der Waals surface area contributed by atoms with Crippen molar-refractivity contribution in [2.45, 2.75) is 25.9 Å². The molecule has 1 aromatic rings. The number of thiophene rings is 1. The first kappa shape index (κ1) is 9.69. The number of rotatable bonds is 3. The SMILES string of the molecule is CC1CC1C(O)Cc1ccsc1Br. The Morgan fingerprint density at radius 1 is 1.77 bits per heavy atom. The molecule has 3 atom stereocenters. The van der Waals surface area contributed by atoms with Crippen LogP contribution in [0.5, 0.6) is 0 Å². The summed E-state index contributed by atoms with van der Waals surface area (Å²) in [5.74, 6) is 1.28. The number of halogens is 1. The summed E-state index contributed by atoms with van der Waals surface area (Å²) < 4.78 is 1.17. The smallest absolute Gasteiger partial charge is 0.0731 e. The van der Waals surface area contributed by atoms with Gasteiger partial charge in [-0.05, 0) is 51.2 Å². The summed E-state index contributed by atoms with van der Waals surface area (Å²) in [6.45, 7) is 2.20. The van der Waals surface area contributed by atoms with Crippen molar-refractivity contribution in [3.05, 3.63) is 20.8 Å². The van der Waals surface area contributed by atoms with Crippen LogP contribution in [0.2, 0.25) is 0 Å². The van der Waals surface area contributed by atoms with E-state index in [4.69, 9.17) is 0 Å². The summed E-state index contributed by atoms with van der Waals surface area (Å²) in [5.41, 5.74) is 1.25. The lowest BCUT2D eigenvalue weighted by atomic mass is 10.1. The van der Waals surface area contributed by atoms with Crippen molar-refractivity contribution < 1.29 is 5.11 Å². The quantitative estimate of drug-likeness (QED) is 0.886. The second-order valence-corrected chi connectivity index (χ2v) is 6.10. The predicted octanol–water partition coefficient (Wildman–Crippen LogP) is 3.07. The Morgan fingerprint density at radius 2 is 2.46 bits per heavy atom. The summed E-state index contributed by atoms with van der Waals surface area (Å²) in [5, 5.41) is 11.9. The van der Waals surface area contributed by atoms with E-state index in [-0.39, 0.29) is 6.10 Å². The first-order valence-corrected chi connectivity index (χ1v) is 6.25. The second kappa shape index (κ2) is 3.71. The fourth-order valence-corrected chi connectivity index (χ4v) is 3.00. The molecule has 72 valence electrons. The van der Waals surface area contributed by atoms with Crippen LogP contribution in [0.15, 0.2) is 15.2 Å². The summed E-state index contributed by atoms with van der Waals surface area (Å²) in [6.07, 6.45) is 1.86. The fourth-order valence-electron chi connectivity index (χ4n) is 1.73. The maximum Gasteiger partial charge on any atom is 0.0731 e. The van der Waals surface area contributed by atoms with Gasteiger partial charge in [-0.3, -0.25) is 0 Å². The summed E-state index contributed by atoms with van der Waals surface area (Å²) >= 11 is 5.17. The van der Waals surface area contributed by atoms with Crippen LogP contribution in [-0.2, 0) is 6.42 Å². The maximum atomic E-state index is 9.84. The third kappa shape index (κ3) is 2.14. The molecule has 0 spiro atoms. The molecule has 1 heterocycles. The van der Waals surface area contributed by atoms with Gasteiger partial charge >= 0.3 is 0 Å². The van der Waals surface area contributed by atoms with E-state index in [1.807, 2.05) is 0 Å². The molecule has 1 aliphatic rings. The van der Waals surface area contributed by atoms with Crippen molar-refractivity contribution in [1.29, 1.82) is 0 Å². The van der Waals surface area contributed by atoms with Crippen molar-refractivity contribution in [2.75, 3.05) is 0 Å². The first-order chi connectivity index (χ1) is 6.18. The molecule has 1 N–H and O–H groups in total. The Kier molecular flexibility index (Phi) is 2.77. The highest BCUT2D eigenvalue weighted by Gasteiger charge is 2.38. The van der Waals surface area contributed by atoms with E-state index in [1.54, 1.807) is 11.3 Å². The van der Waals surface area contributed by atoms with E-state index in [0.717, 1.165) is 12.3 Å². The van der Waals surface area contributed by atoms with E-state index in [0.29, 0.717) is 5.92 Å². The highest BCUT2D eigenvalue weighted by molar-refractivity contribution is 9.11. The molecule has 1 aromatic heterocycles. The van der Waals surface area contributed by atoms with Gasteiger partial charge in [0.25, 0.3) is 0 Å². The van der Waals surface area contributed by atoms with Gasteiger partial charge in [-0.15, -0.1) is 11.3 Å². The highest BCUT2D eigenvalue weighted by Crippen LogP contribution is 2.42. The van der Waals surface area contributed by atoms with E-state index < -0.39 is 0 Å². The van der Waals surface area contributed by atoms with E-state index >= 15 is 0 Å². The van der Waals surface area contributed by atoms with Crippen molar-refractivity contribution >= 4 is 27.3 Å². The van der Waals surface area contributed by atoms with Gasteiger partial charge in [-0.25, -0.2) is 0 Å². The van der Waals surface area contributed by atoms with Crippen LogP contribution < -0.4 is 0 Å². The van der Waals surface area contributed by atoms with E-state index in [2.05, 4.69) is 34.3 Å². The number of hydrogen-bond donors (Lipinski definition) is 1. The van der Waals surface area contributed by atoms with Gasteiger partial charge in [0.05, 0.1) is 9.89 Å². The Bertz CT molecular complexity index is 297. The average Bonchev–Trinajstić information content (AvgIpc) is 2.68. The third-order valence-corrected chi connectivity index (χ3v) is 4.60.